The Balaban J connectivity index is 1.77. The van der Waals surface area contributed by atoms with Gasteiger partial charge in [0.25, 0.3) is 0 Å². The second-order valence-corrected chi connectivity index (χ2v) is 14.8. The first-order valence-corrected chi connectivity index (χ1v) is 15.8. The fraction of sp³-hybridized carbons (Fsp3) is 0.520. The van der Waals surface area contributed by atoms with Crippen molar-refractivity contribution >= 4 is 31.3 Å². The van der Waals surface area contributed by atoms with E-state index in [4.69, 9.17) is 30.5 Å². The maximum absolute atomic E-state index is 15.7. The van der Waals surface area contributed by atoms with Gasteiger partial charge >= 0.3 is 0 Å². The van der Waals surface area contributed by atoms with Crippen LogP contribution in [-0.4, -0.2) is 66.2 Å². The van der Waals surface area contributed by atoms with Gasteiger partial charge in [-0.25, -0.2) is 25.6 Å². The van der Waals surface area contributed by atoms with Crippen LogP contribution in [-0.2, 0) is 38.6 Å². The highest BCUT2D eigenvalue weighted by atomic mass is 35.5. The van der Waals surface area contributed by atoms with Crippen LogP contribution in [0.4, 0.5) is 8.78 Å². The first-order chi connectivity index (χ1) is 17.9. The van der Waals surface area contributed by atoms with E-state index in [9.17, 15) is 16.8 Å². The Morgan fingerprint density at radius 2 is 1.63 bits per heavy atom. The van der Waals surface area contributed by atoms with Crippen LogP contribution in [0.1, 0.15) is 31.7 Å². The van der Waals surface area contributed by atoms with Crippen molar-refractivity contribution in [2.24, 2.45) is 0 Å². The predicted molar refractivity (Wildman–Crippen MR) is 134 cm³/mol. The van der Waals surface area contributed by atoms with Gasteiger partial charge in [0, 0.05) is 23.6 Å². The van der Waals surface area contributed by atoms with Crippen LogP contribution < -0.4 is 4.74 Å². The van der Waals surface area contributed by atoms with E-state index in [-0.39, 0.29) is 48.1 Å². The quantitative estimate of drug-likeness (QED) is 0.478. The lowest BCUT2D eigenvalue weighted by atomic mass is 9.67. The summed E-state index contributed by atoms with van der Waals surface area (Å²) in [6.07, 6.45) is -0.447. The molecule has 0 unspecified atom stereocenters. The van der Waals surface area contributed by atoms with Crippen LogP contribution in [0.15, 0.2) is 41.3 Å². The smallest absolute Gasteiger partial charge is 0.191 e. The van der Waals surface area contributed by atoms with E-state index in [2.05, 4.69) is 0 Å². The highest BCUT2D eigenvalue weighted by molar-refractivity contribution is 7.92. The second kappa shape index (κ2) is 9.67. The molecule has 1 saturated heterocycles. The lowest BCUT2D eigenvalue weighted by Gasteiger charge is -2.57. The summed E-state index contributed by atoms with van der Waals surface area (Å²) in [5.74, 6) is -4.25. The van der Waals surface area contributed by atoms with Crippen LogP contribution in [0.5, 0.6) is 5.75 Å². The number of rotatable bonds is 7. The lowest BCUT2D eigenvalue weighted by molar-refractivity contribution is -0.249. The number of benzene rings is 2. The Morgan fingerprint density at radius 1 is 0.974 bits per heavy atom. The summed E-state index contributed by atoms with van der Waals surface area (Å²) < 4.78 is 106. The Kier molecular flexibility index (Phi) is 7.05. The Morgan fingerprint density at radius 3 is 2.29 bits per heavy atom. The first kappa shape index (κ1) is 27.7. The lowest BCUT2D eigenvalue weighted by Crippen LogP contribution is -2.69. The topological polar surface area (TPSA) is 105 Å². The van der Waals surface area contributed by atoms with Crippen LogP contribution in [0.2, 0.25) is 5.02 Å². The number of halogens is 3. The summed E-state index contributed by atoms with van der Waals surface area (Å²) in [5, 5.41) is 0.286. The van der Waals surface area contributed by atoms with Gasteiger partial charge in [0.2, 0.25) is 0 Å². The van der Waals surface area contributed by atoms with E-state index < -0.39 is 77.7 Å². The minimum absolute atomic E-state index is 0.0353. The maximum Gasteiger partial charge on any atom is 0.191 e. The SMILES string of the molecule is CCS(=O)(=O)CCO[C@@]12COc3c(F)ccc(F)c3[C@]1(S(=O)(=O)c1ccc(Cl)cc1)CCC1(C2)OCCO1. The van der Waals surface area contributed by atoms with Gasteiger partial charge in [0.1, 0.15) is 22.8 Å². The Bertz CT molecular complexity index is 1440. The average molecular weight is 593 g/mol. The van der Waals surface area contributed by atoms with Gasteiger partial charge in [-0.2, -0.15) is 0 Å². The Labute approximate surface area is 225 Å². The molecule has 13 heteroatoms. The molecule has 2 atom stereocenters. The van der Waals surface area contributed by atoms with E-state index >= 15 is 8.78 Å². The molecular formula is C25H27ClF2O8S2. The monoisotopic (exact) mass is 592 g/mol. The molecule has 1 spiro atoms. The summed E-state index contributed by atoms with van der Waals surface area (Å²) in [5.41, 5.74) is -2.39. The zero-order chi connectivity index (χ0) is 27.4. The van der Waals surface area contributed by atoms with Crippen molar-refractivity contribution in [2.45, 2.75) is 47.2 Å². The molecule has 38 heavy (non-hydrogen) atoms. The molecule has 8 nitrogen and oxygen atoms in total. The minimum Gasteiger partial charge on any atom is -0.487 e. The van der Waals surface area contributed by atoms with Crippen molar-refractivity contribution in [1.82, 2.24) is 0 Å². The normalized spacial score (nSPS) is 26.5. The van der Waals surface area contributed by atoms with Gasteiger partial charge in [0.15, 0.2) is 37.0 Å². The standard InChI is InChI=1S/C25H27ClF2O8S2/c1-2-37(29,30)14-13-34-23-15-24(35-11-12-36-24)9-10-25(23,38(31,32)18-5-3-17(26)4-6-18)21-19(27)7-8-20(28)22(21)33-16-23/h3-8H,2,9-16H2,1H3/t23-,25+/m0/s1. The molecule has 2 aromatic carbocycles. The van der Waals surface area contributed by atoms with Gasteiger partial charge < -0.3 is 18.9 Å². The van der Waals surface area contributed by atoms with Gasteiger partial charge in [-0.1, -0.05) is 18.5 Å². The molecule has 0 amide bonds. The third-order valence-corrected chi connectivity index (χ3v) is 12.2. The molecular weight excluding hydrogens is 566 g/mol. The van der Waals surface area contributed by atoms with Gasteiger partial charge in [-0.05, 0) is 42.8 Å². The fourth-order valence-electron chi connectivity index (χ4n) is 5.81. The molecule has 0 aromatic heterocycles. The van der Waals surface area contributed by atoms with E-state index in [1.54, 1.807) is 0 Å². The second-order valence-electron chi connectivity index (χ2n) is 9.67. The molecule has 2 fully saturated rings. The summed E-state index contributed by atoms with van der Waals surface area (Å²) >= 11 is 6.01. The van der Waals surface area contributed by atoms with Crippen molar-refractivity contribution < 1.29 is 44.6 Å². The van der Waals surface area contributed by atoms with Crippen molar-refractivity contribution in [1.29, 1.82) is 0 Å². The predicted octanol–water partition coefficient (Wildman–Crippen LogP) is 3.80. The molecule has 1 saturated carbocycles. The molecule has 2 heterocycles. The average Bonchev–Trinajstić information content (AvgIpc) is 3.33. The molecule has 1 aliphatic carbocycles. The summed E-state index contributed by atoms with van der Waals surface area (Å²) in [4.78, 5) is -0.184. The number of hydrogen-bond acceptors (Lipinski definition) is 8. The van der Waals surface area contributed by atoms with E-state index in [1.807, 2.05) is 0 Å². The van der Waals surface area contributed by atoms with Crippen molar-refractivity contribution in [3.63, 3.8) is 0 Å². The summed E-state index contributed by atoms with van der Waals surface area (Å²) in [6.45, 7) is 1.07. The van der Waals surface area contributed by atoms with Gasteiger partial charge in [-0.3, -0.25) is 0 Å². The number of ether oxygens (including phenoxy) is 4. The van der Waals surface area contributed by atoms with E-state index in [0.29, 0.717) is 0 Å². The third kappa shape index (κ3) is 4.24. The fourth-order valence-corrected chi connectivity index (χ4v) is 8.97. The first-order valence-electron chi connectivity index (χ1n) is 12.1. The number of sulfone groups is 2. The molecule has 208 valence electrons. The zero-order valence-corrected chi connectivity index (χ0v) is 22.9. The van der Waals surface area contributed by atoms with E-state index in [0.717, 1.165) is 12.1 Å². The minimum atomic E-state index is -4.56. The van der Waals surface area contributed by atoms with Crippen molar-refractivity contribution in [3.8, 4) is 5.75 Å². The van der Waals surface area contributed by atoms with Crippen LogP contribution in [0, 0.1) is 11.6 Å². The van der Waals surface area contributed by atoms with Gasteiger partial charge in [0.05, 0.1) is 36.0 Å². The highest BCUT2D eigenvalue weighted by Crippen LogP contribution is 2.62. The molecule has 0 bridgehead atoms. The molecule has 2 aromatic rings. The maximum atomic E-state index is 15.7. The molecule has 2 aliphatic heterocycles. The number of hydrogen-bond donors (Lipinski definition) is 0. The molecule has 3 aliphatic rings. The molecule has 5 rings (SSSR count). The molecule has 0 N–H and O–H groups in total. The zero-order valence-electron chi connectivity index (χ0n) is 20.5. The van der Waals surface area contributed by atoms with Crippen LogP contribution in [0.3, 0.4) is 0 Å². The summed E-state index contributed by atoms with van der Waals surface area (Å²) in [7, 11) is -8.06. The summed E-state index contributed by atoms with van der Waals surface area (Å²) in [6, 6.07) is 7.07. The van der Waals surface area contributed by atoms with Crippen molar-refractivity contribution in [3.05, 3.63) is 58.6 Å². The van der Waals surface area contributed by atoms with Gasteiger partial charge in [-0.15, -0.1) is 0 Å². The largest absolute Gasteiger partial charge is 0.487 e. The highest BCUT2D eigenvalue weighted by Gasteiger charge is 2.72. The number of fused-ring (bicyclic) bond motifs is 3. The van der Waals surface area contributed by atoms with Crippen LogP contribution in [0.25, 0.3) is 0 Å². The van der Waals surface area contributed by atoms with E-state index in [1.165, 1.54) is 31.2 Å². The molecule has 0 radical (unpaired) electrons. The Hall–Kier alpha value is -1.83. The van der Waals surface area contributed by atoms with Crippen LogP contribution >= 0.6 is 11.6 Å². The van der Waals surface area contributed by atoms with Crippen molar-refractivity contribution in [2.75, 3.05) is 37.9 Å². The third-order valence-electron chi connectivity index (χ3n) is 7.67.